The number of hydrogen-bond acceptors (Lipinski definition) is 2. The Morgan fingerprint density at radius 3 is 2.52 bits per heavy atom. The molecule has 1 rings (SSSR count). The highest BCUT2D eigenvalue weighted by atomic mass is 35.5. The summed E-state index contributed by atoms with van der Waals surface area (Å²) in [5, 5.41) is 9.01. The highest BCUT2D eigenvalue weighted by Gasteiger charge is 2.26. The molecule has 0 aromatic carbocycles. The van der Waals surface area contributed by atoms with Crippen LogP contribution in [0.3, 0.4) is 0 Å². The molecule has 0 saturated carbocycles. The van der Waals surface area contributed by atoms with Gasteiger partial charge in [0, 0.05) is 6.54 Å². The molecule has 1 aromatic heterocycles. The number of nitrogens with zero attached hydrogens (tertiary/aromatic N) is 2. The molecule has 0 amide bonds. The molecule has 1 aromatic rings. The number of rotatable bonds is 11. The number of halogens is 1. The van der Waals surface area contributed by atoms with Gasteiger partial charge in [0.05, 0.1) is 23.0 Å². The lowest BCUT2D eigenvalue weighted by Crippen LogP contribution is -2.31. The molecule has 4 heteroatoms. The van der Waals surface area contributed by atoms with E-state index in [-0.39, 0.29) is 0 Å². The third-order valence-corrected chi connectivity index (χ3v) is 4.39. The van der Waals surface area contributed by atoms with Crippen molar-refractivity contribution >= 4 is 11.6 Å². The normalized spacial score (nSPS) is 14.3. The van der Waals surface area contributed by atoms with Crippen molar-refractivity contribution in [2.75, 3.05) is 6.54 Å². The molecule has 0 radical (unpaired) electrons. The molecule has 0 aliphatic rings. The van der Waals surface area contributed by atoms with Crippen molar-refractivity contribution in [3.8, 4) is 0 Å². The lowest BCUT2D eigenvalue weighted by molar-refractivity contribution is 0.307. The van der Waals surface area contributed by atoms with Crippen molar-refractivity contribution in [2.24, 2.45) is 5.92 Å². The fourth-order valence-corrected chi connectivity index (χ4v) is 3.19. The molecular weight excluding hydrogens is 282 g/mol. The topological polar surface area (TPSA) is 29.9 Å². The van der Waals surface area contributed by atoms with Gasteiger partial charge in [-0.05, 0) is 31.7 Å². The zero-order valence-corrected chi connectivity index (χ0v) is 14.9. The first-order valence-electron chi connectivity index (χ1n) is 8.63. The van der Waals surface area contributed by atoms with Gasteiger partial charge in [0.15, 0.2) is 0 Å². The van der Waals surface area contributed by atoms with Crippen molar-refractivity contribution in [1.29, 1.82) is 0 Å². The first kappa shape index (κ1) is 18.5. The quantitative estimate of drug-likeness (QED) is 0.608. The molecule has 0 aliphatic heterocycles. The van der Waals surface area contributed by atoms with Crippen LogP contribution < -0.4 is 5.32 Å². The Morgan fingerprint density at radius 1 is 1.19 bits per heavy atom. The average Bonchev–Trinajstić information content (AvgIpc) is 2.84. The van der Waals surface area contributed by atoms with Gasteiger partial charge in [-0.3, -0.25) is 4.68 Å². The molecule has 2 unspecified atom stereocenters. The summed E-state index contributed by atoms with van der Waals surface area (Å²) in [6.07, 6.45) is 8.98. The van der Waals surface area contributed by atoms with Crippen LogP contribution in [0.1, 0.15) is 78.0 Å². The first-order chi connectivity index (χ1) is 10.2. The maximum Gasteiger partial charge on any atom is 0.0834 e. The summed E-state index contributed by atoms with van der Waals surface area (Å²) in [6, 6.07) is 0.322. The summed E-state index contributed by atoms with van der Waals surface area (Å²) in [7, 11) is 0. The highest BCUT2D eigenvalue weighted by molar-refractivity contribution is 6.31. The Balaban J connectivity index is 3.01. The van der Waals surface area contributed by atoms with Gasteiger partial charge in [-0.15, -0.1) is 0 Å². The van der Waals surface area contributed by atoms with Crippen LogP contribution in [0.2, 0.25) is 5.02 Å². The van der Waals surface area contributed by atoms with E-state index < -0.39 is 0 Å². The lowest BCUT2D eigenvalue weighted by Gasteiger charge is -2.28. The molecular formula is C17H32ClN3. The molecule has 0 saturated heterocycles. The van der Waals surface area contributed by atoms with Crippen molar-refractivity contribution in [3.05, 3.63) is 16.9 Å². The van der Waals surface area contributed by atoms with Crippen LogP contribution >= 0.6 is 11.6 Å². The van der Waals surface area contributed by atoms with Crippen LogP contribution in [-0.2, 0) is 6.54 Å². The van der Waals surface area contributed by atoms with E-state index in [1.807, 2.05) is 0 Å². The number of nitrogens with one attached hydrogen (secondary N) is 1. The average molecular weight is 314 g/mol. The van der Waals surface area contributed by atoms with E-state index in [4.69, 9.17) is 11.6 Å². The Kier molecular flexibility index (Phi) is 9.02. The molecule has 21 heavy (non-hydrogen) atoms. The maximum absolute atomic E-state index is 6.47. The summed E-state index contributed by atoms with van der Waals surface area (Å²) in [5.74, 6) is 0.626. The van der Waals surface area contributed by atoms with Crippen LogP contribution in [0.15, 0.2) is 6.20 Å². The predicted octanol–water partition coefficient (Wildman–Crippen LogP) is 5.20. The van der Waals surface area contributed by atoms with Gasteiger partial charge in [0.2, 0.25) is 0 Å². The Hall–Kier alpha value is -0.540. The van der Waals surface area contributed by atoms with E-state index in [2.05, 4.69) is 42.8 Å². The molecule has 122 valence electrons. The van der Waals surface area contributed by atoms with E-state index >= 15 is 0 Å². The standard InChI is InChI=1S/C17H32ClN3/c1-5-9-10-14(8-4)16(19-11-6-2)17-15(18)13-20-21(17)12-7-3/h13-14,16,19H,5-12H2,1-4H3. The summed E-state index contributed by atoms with van der Waals surface area (Å²) < 4.78 is 2.10. The van der Waals surface area contributed by atoms with Crippen LogP contribution in [0.25, 0.3) is 0 Å². The van der Waals surface area contributed by atoms with Crippen LogP contribution in [0, 0.1) is 5.92 Å². The summed E-state index contributed by atoms with van der Waals surface area (Å²) in [6.45, 7) is 10.9. The fourth-order valence-electron chi connectivity index (χ4n) is 2.93. The van der Waals surface area contributed by atoms with Gasteiger partial charge >= 0.3 is 0 Å². The molecule has 1 N–H and O–H groups in total. The van der Waals surface area contributed by atoms with E-state index in [9.17, 15) is 0 Å². The number of aryl methyl sites for hydroxylation is 1. The van der Waals surface area contributed by atoms with Gasteiger partial charge in [-0.1, -0.05) is 58.6 Å². The van der Waals surface area contributed by atoms with Crippen LogP contribution in [0.5, 0.6) is 0 Å². The monoisotopic (exact) mass is 313 g/mol. The van der Waals surface area contributed by atoms with Crippen LogP contribution in [-0.4, -0.2) is 16.3 Å². The molecule has 2 atom stereocenters. The predicted molar refractivity (Wildman–Crippen MR) is 91.9 cm³/mol. The zero-order valence-electron chi connectivity index (χ0n) is 14.2. The van der Waals surface area contributed by atoms with Gasteiger partial charge in [0.1, 0.15) is 0 Å². The van der Waals surface area contributed by atoms with E-state index in [1.54, 1.807) is 6.20 Å². The third-order valence-electron chi connectivity index (χ3n) is 4.10. The minimum atomic E-state index is 0.322. The van der Waals surface area contributed by atoms with E-state index in [1.165, 1.54) is 31.4 Å². The highest BCUT2D eigenvalue weighted by Crippen LogP contribution is 2.33. The molecule has 0 bridgehead atoms. The number of unbranched alkanes of at least 4 members (excludes halogenated alkanes) is 1. The molecule has 1 heterocycles. The van der Waals surface area contributed by atoms with Gasteiger partial charge in [-0.25, -0.2) is 0 Å². The fraction of sp³-hybridized carbons (Fsp3) is 0.824. The second kappa shape index (κ2) is 10.2. The largest absolute Gasteiger partial charge is 0.308 e. The first-order valence-corrected chi connectivity index (χ1v) is 9.01. The lowest BCUT2D eigenvalue weighted by atomic mass is 9.89. The van der Waals surface area contributed by atoms with Crippen molar-refractivity contribution in [2.45, 2.75) is 78.8 Å². The smallest absolute Gasteiger partial charge is 0.0834 e. The molecule has 0 spiro atoms. The number of aromatic nitrogens is 2. The van der Waals surface area contributed by atoms with Crippen LogP contribution in [0.4, 0.5) is 0 Å². The molecule has 0 fully saturated rings. The van der Waals surface area contributed by atoms with Crippen molar-refractivity contribution < 1.29 is 0 Å². The molecule has 0 aliphatic carbocycles. The van der Waals surface area contributed by atoms with E-state index in [0.29, 0.717) is 12.0 Å². The Bertz CT molecular complexity index is 389. The minimum absolute atomic E-state index is 0.322. The second-order valence-corrected chi connectivity index (χ2v) is 6.25. The SMILES string of the molecule is CCCCC(CC)C(NCCC)c1c(Cl)cnn1CCC. The summed E-state index contributed by atoms with van der Waals surface area (Å²) >= 11 is 6.47. The van der Waals surface area contributed by atoms with Crippen molar-refractivity contribution in [3.63, 3.8) is 0 Å². The summed E-state index contributed by atoms with van der Waals surface area (Å²) in [5.41, 5.74) is 1.19. The van der Waals surface area contributed by atoms with Gasteiger partial charge in [0.25, 0.3) is 0 Å². The van der Waals surface area contributed by atoms with Gasteiger partial charge < -0.3 is 5.32 Å². The van der Waals surface area contributed by atoms with E-state index in [0.717, 1.165) is 31.0 Å². The third kappa shape index (κ3) is 5.30. The van der Waals surface area contributed by atoms with Gasteiger partial charge in [-0.2, -0.15) is 5.10 Å². The second-order valence-electron chi connectivity index (χ2n) is 5.84. The minimum Gasteiger partial charge on any atom is -0.308 e. The Morgan fingerprint density at radius 2 is 1.95 bits per heavy atom. The molecule has 3 nitrogen and oxygen atoms in total. The zero-order chi connectivity index (χ0) is 15.7. The Labute approximate surface area is 135 Å². The maximum atomic E-state index is 6.47. The number of hydrogen-bond donors (Lipinski definition) is 1. The van der Waals surface area contributed by atoms with Crippen molar-refractivity contribution in [1.82, 2.24) is 15.1 Å². The summed E-state index contributed by atoms with van der Waals surface area (Å²) in [4.78, 5) is 0.